The van der Waals surface area contributed by atoms with E-state index in [9.17, 15) is 13.2 Å². The van der Waals surface area contributed by atoms with Gasteiger partial charge in [0.15, 0.2) is 0 Å². The first kappa shape index (κ1) is 19.1. The molecule has 0 radical (unpaired) electrons. The summed E-state index contributed by atoms with van der Waals surface area (Å²) in [5.74, 6) is -0.168. The molecular formula is C20H20N2O3S2. The smallest absolute Gasteiger partial charge is 0.264 e. The fourth-order valence-corrected chi connectivity index (χ4v) is 4.74. The van der Waals surface area contributed by atoms with Crippen LogP contribution in [0.15, 0.2) is 66.1 Å². The van der Waals surface area contributed by atoms with Crippen LogP contribution in [0.2, 0.25) is 0 Å². The van der Waals surface area contributed by atoms with Crippen molar-refractivity contribution in [3.8, 4) is 0 Å². The maximum Gasteiger partial charge on any atom is 0.264 e. The summed E-state index contributed by atoms with van der Waals surface area (Å²) in [7, 11) is -2.12. The normalized spacial score (nSPS) is 11.3. The number of anilines is 1. The van der Waals surface area contributed by atoms with Gasteiger partial charge in [-0.05, 0) is 48.7 Å². The summed E-state index contributed by atoms with van der Waals surface area (Å²) in [6.45, 7) is 5.89. The number of carbonyl (C=O) groups excluding carboxylic acids is 1. The molecule has 0 fully saturated rings. The third-order valence-corrected chi connectivity index (χ3v) is 7.09. The van der Waals surface area contributed by atoms with Gasteiger partial charge in [0.2, 0.25) is 0 Å². The van der Waals surface area contributed by atoms with Crippen molar-refractivity contribution in [2.24, 2.45) is 0 Å². The summed E-state index contributed by atoms with van der Waals surface area (Å²) >= 11 is 1.37. The number of nitrogens with zero attached hydrogens (tertiary/aromatic N) is 1. The van der Waals surface area contributed by atoms with Crippen molar-refractivity contribution in [1.29, 1.82) is 0 Å². The van der Waals surface area contributed by atoms with Crippen molar-refractivity contribution >= 4 is 43.0 Å². The van der Waals surface area contributed by atoms with Gasteiger partial charge in [0, 0.05) is 18.3 Å². The lowest BCUT2D eigenvalue weighted by Gasteiger charge is -2.19. The summed E-state index contributed by atoms with van der Waals surface area (Å²) in [6, 6.07) is 13.9. The van der Waals surface area contributed by atoms with Crippen molar-refractivity contribution < 1.29 is 13.2 Å². The average Bonchev–Trinajstić information content (AvgIpc) is 3.09. The molecule has 0 saturated carbocycles. The molecule has 7 heteroatoms. The molecule has 0 bridgehead atoms. The van der Waals surface area contributed by atoms with E-state index in [0.717, 1.165) is 15.6 Å². The van der Waals surface area contributed by atoms with Crippen LogP contribution in [0.25, 0.3) is 10.1 Å². The molecule has 3 rings (SSSR count). The molecule has 0 saturated heterocycles. The van der Waals surface area contributed by atoms with Gasteiger partial charge in [-0.25, -0.2) is 8.42 Å². The van der Waals surface area contributed by atoms with E-state index in [4.69, 9.17) is 0 Å². The Labute approximate surface area is 163 Å². The highest BCUT2D eigenvalue weighted by Crippen LogP contribution is 2.31. The first-order valence-electron chi connectivity index (χ1n) is 8.31. The predicted molar refractivity (Wildman–Crippen MR) is 111 cm³/mol. The minimum Gasteiger partial charge on any atom is -0.348 e. The second kappa shape index (κ2) is 7.54. The van der Waals surface area contributed by atoms with Gasteiger partial charge in [0.25, 0.3) is 15.9 Å². The van der Waals surface area contributed by atoms with Gasteiger partial charge in [-0.1, -0.05) is 23.8 Å². The van der Waals surface area contributed by atoms with E-state index in [2.05, 4.69) is 11.9 Å². The first-order valence-corrected chi connectivity index (χ1v) is 10.6. The van der Waals surface area contributed by atoms with Crippen LogP contribution in [0.5, 0.6) is 0 Å². The third kappa shape index (κ3) is 3.89. The Hall–Kier alpha value is -2.64. The number of rotatable bonds is 6. The number of aryl methyl sites for hydroxylation is 1. The van der Waals surface area contributed by atoms with Gasteiger partial charge >= 0.3 is 0 Å². The Morgan fingerprint density at radius 2 is 1.89 bits per heavy atom. The number of amides is 1. The molecule has 0 aliphatic heterocycles. The van der Waals surface area contributed by atoms with E-state index in [0.29, 0.717) is 17.1 Å². The molecule has 1 amide bonds. The molecule has 3 aromatic rings. The van der Waals surface area contributed by atoms with E-state index in [-0.39, 0.29) is 10.8 Å². The van der Waals surface area contributed by atoms with E-state index in [1.54, 1.807) is 48.5 Å². The number of nitrogens with one attached hydrogen (secondary N) is 1. The SMILES string of the molecule is C=CCNC(=O)c1cc2cc(N(C)S(=O)(=O)c3ccc(C)cc3)ccc2s1. The lowest BCUT2D eigenvalue weighted by atomic mass is 10.2. The number of hydrogen-bond donors (Lipinski definition) is 1. The fraction of sp³-hybridized carbons (Fsp3) is 0.150. The van der Waals surface area contributed by atoms with Crippen LogP contribution in [-0.4, -0.2) is 27.9 Å². The number of hydrogen-bond acceptors (Lipinski definition) is 4. The monoisotopic (exact) mass is 400 g/mol. The molecule has 0 atom stereocenters. The first-order chi connectivity index (χ1) is 12.8. The standard InChI is InChI=1S/C20H20N2O3S2/c1-4-11-21-20(23)19-13-15-12-16(7-10-18(15)26-19)22(3)27(24,25)17-8-5-14(2)6-9-17/h4-10,12-13H,1,11H2,2-3H3,(H,21,23). The Balaban J connectivity index is 1.93. The highest BCUT2D eigenvalue weighted by molar-refractivity contribution is 7.92. The third-order valence-electron chi connectivity index (χ3n) is 4.17. The number of carbonyl (C=O) groups is 1. The van der Waals surface area contributed by atoms with Crippen LogP contribution in [0.4, 0.5) is 5.69 Å². The molecular weight excluding hydrogens is 380 g/mol. The number of benzene rings is 2. The van der Waals surface area contributed by atoms with E-state index < -0.39 is 10.0 Å². The molecule has 27 heavy (non-hydrogen) atoms. The highest BCUT2D eigenvalue weighted by atomic mass is 32.2. The Kier molecular flexibility index (Phi) is 5.34. The summed E-state index contributed by atoms with van der Waals surface area (Å²) in [6.07, 6.45) is 1.62. The van der Waals surface area contributed by atoms with Crippen LogP contribution < -0.4 is 9.62 Å². The maximum absolute atomic E-state index is 12.9. The zero-order valence-electron chi connectivity index (χ0n) is 15.1. The van der Waals surface area contributed by atoms with Gasteiger partial charge in [-0.2, -0.15) is 0 Å². The Bertz CT molecular complexity index is 1100. The Morgan fingerprint density at radius 1 is 1.19 bits per heavy atom. The van der Waals surface area contributed by atoms with E-state index in [1.807, 2.05) is 13.0 Å². The second-order valence-corrected chi connectivity index (χ2v) is 9.17. The zero-order chi connectivity index (χ0) is 19.6. The van der Waals surface area contributed by atoms with Crippen LogP contribution in [-0.2, 0) is 10.0 Å². The second-order valence-electron chi connectivity index (χ2n) is 6.12. The van der Waals surface area contributed by atoms with Gasteiger partial charge in [0.05, 0.1) is 15.5 Å². The molecule has 1 aromatic heterocycles. The summed E-state index contributed by atoms with van der Waals surface area (Å²) in [5.41, 5.74) is 1.54. The van der Waals surface area contributed by atoms with Gasteiger partial charge < -0.3 is 5.32 Å². The van der Waals surface area contributed by atoms with Crippen LogP contribution in [0, 0.1) is 6.92 Å². The van der Waals surface area contributed by atoms with Gasteiger partial charge in [-0.15, -0.1) is 17.9 Å². The quantitative estimate of drug-likeness (QED) is 0.637. The average molecular weight is 401 g/mol. The Morgan fingerprint density at radius 3 is 2.56 bits per heavy atom. The number of sulfonamides is 1. The van der Waals surface area contributed by atoms with E-state index in [1.165, 1.54) is 22.7 Å². The zero-order valence-corrected chi connectivity index (χ0v) is 16.7. The molecule has 2 aromatic carbocycles. The molecule has 5 nitrogen and oxygen atoms in total. The lowest BCUT2D eigenvalue weighted by molar-refractivity contribution is 0.0962. The van der Waals surface area contributed by atoms with Crippen molar-refractivity contribution in [3.63, 3.8) is 0 Å². The van der Waals surface area contributed by atoms with Gasteiger partial charge in [-0.3, -0.25) is 9.10 Å². The maximum atomic E-state index is 12.9. The number of fused-ring (bicyclic) bond motifs is 1. The topological polar surface area (TPSA) is 66.5 Å². The van der Waals surface area contributed by atoms with Crippen LogP contribution in [0.1, 0.15) is 15.2 Å². The summed E-state index contributed by atoms with van der Waals surface area (Å²) in [5, 5.41) is 3.57. The molecule has 140 valence electrons. The van der Waals surface area contributed by atoms with Gasteiger partial charge in [0.1, 0.15) is 0 Å². The molecule has 1 N–H and O–H groups in total. The summed E-state index contributed by atoms with van der Waals surface area (Å²) in [4.78, 5) is 12.9. The van der Waals surface area contributed by atoms with Crippen molar-refractivity contribution in [3.05, 3.63) is 71.6 Å². The molecule has 1 heterocycles. The predicted octanol–water partition coefficient (Wildman–Crippen LogP) is 3.95. The van der Waals surface area contributed by atoms with Crippen molar-refractivity contribution in [2.75, 3.05) is 17.9 Å². The molecule has 0 aliphatic rings. The minimum absolute atomic E-state index is 0.168. The van der Waals surface area contributed by atoms with Crippen molar-refractivity contribution in [2.45, 2.75) is 11.8 Å². The molecule has 0 spiro atoms. The highest BCUT2D eigenvalue weighted by Gasteiger charge is 2.21. The van der Waals surface area contributed by atoms with E-state index >= 15 is 0 Å². The molecule has 0 unspecified atom stereocenters. The minimum atomic E-state index is -3.65. The van der Waals surface area contributed by atoms with Crippen molar-refractivity contribution in [1.82, 2.24) is 5.32 Å². The van der Waals surface area contributed by atoms with Crippen LogP contribution in [0.3, 0.4) is 0 Å². The van der Waals surface area contributed by atoms with Crippen LogP contribution >= 0.6 is 11.3 Å². The fourth-order valence-electron chi connectivity index (χ4n) is 2.60. The molecule has 0 aliphatic carbocycles. The summed E-state index contributed by atoms with van der Waals surface area (Å²) < 4.78 is 27.9. The lowest BCUT2D eigenvalue weighted by Crippen LogP contribution is -2.26. The number of thiophene rings is 1. The largest absolute Gasteiger partial charge is 0.348 e.